The zero-order chi connectivity index (χ0) is 17.0. The topological polar surface area (TPSA) is 41.9 Å². The summed E-state index contributed by atoms with van der Waals surface area (Å²) in [4.78, 5) is 3.58. The van der Waals surface area contributed by atoms with E-state index in [1.807, 2.05) is 30.3 Å². The number of thiophene rings is 1. The van der Waals surface area contributed by atoms with Crippen LogP contribution in [0.3, 0.4) is 0 Å². The second-order valence-electron chi connectivity index (χ2n) is 5.82. The Hall–Kier alpha value is -1.24. The molecule has 0 saturated heterocycles. The number of aliphatic hydroxyl groups excluding tert-OH is 1. The molecule has 132 valence electrons. The van der Waals surface area contributed by atoms with Gasteiger partial charge in [-0.2, -0.15) is 0 Å². The lowest BCUT2D eigenvalue weighted by molar-refractivity contribution is 0.00754. The van der Waals surface area contributed by atoms with E-state index in [1.165, 1.54) is 4.88 Å². The van der Waals surface area contributed by atoms with Gasteiger partial charge in [0.25, 0.3) is 0 Å². The van der Waals surface area contributed by atoms with E-state index in [-0.39, 0.29) is 0 Å². The third-order valence-electron chi connectivity index (χ3n) is 3.67. The molecule has 1 atom stereocenters. The zero-order valence-electron chi connectivity index (χ0n) is 14.3. The van der Waals surface area contributed by atoms with Gasteiger partial charge in [0.1, 0.15) is 0 Å². The summed E-state index contributed by atoms with van der Waals surface area (Å²) in [6.45, 7) is 3.99. The van der Waals surface area contributed by atoms with Gasteiger partial charge in [0.2, 0.25) is 0 Å². The Bertz CT molecular complexity index is 533. The average molecular weight is 349 g/mol. The molecule has 0 aliphatic carbocycles. The highest BCUT2D eigenvalue weighted by Crippen LogP contribution is 2.13. The maximum atomic E-state index is 10.3. The standard InChI is InChI=1S/C19H27NO3S/c1-22-11-6-10-20(14-19-9-5-12-24-19)13-18(21)16-23-15-17-7-3-2-4-8-17/h2-5,7-9,12,18,21H,6,10-11,13-16H2,1H3/t18-/m0/s1. The van der Waals surface area contributed by atoms with Crippen molar-refractivity contribution in [2.75, 3.05) is 33.4 Å². The highest BCUT2D eigenvalue weighted by molar-refractivity contribution is 7.09. The molecular formula is C19H27NO3S. The fourth-order valence-electron chi connectivity index (χ4n) is 2.53. The molecule has 1 heterocycles. The van der Waals surface area contributed by atoms with Gasteiger partial charge in [-0.1, -0.05) is 36.4 Å². The smallest absolute Gasteiger partial charge is 0.0900 e. The van der Waals surface area contributed by atoms with Crippen LogP contribution in [0.1, 0.15) is 16.9 Å². The quantitative estimate of drug-likeness (QED) is 0.598. The van der Waals surface area contributed by atoms with Crippen LogP contribution in [0, 0.1) is 0 Å². The first-order chi connectivity index (χ1) is 11.8. The molecule has 1 aromatic carbocycles. The van der Waals surface area contributed by atoms with E-state index in [1.54, 1.807) is 18.4 Å². The Morgan fingerprint density at radius 1 is 1.17 bits per heavy atom. The Balaban J connectivity index is 1.74. The molecule has 24 heavy (non-hydrogen) atoms. The Kier molecular flexibility index (Phi) is 9.02. The zero-order valence-corrected chi connectivity index (χ0v) is 15.1. The summed E-state index contributed by atoms with van der Waals surface area (Å²) in [5.74, 6) is 0. The summed E-state index contributed by atoms with van der Waals surface area (Å²) in [7, 11) is 1.72. The number of hydrogen-bond acceptors (Lipinski definition) is 5. The van der Waals surface area contributed by atoms with Crippen LogP contribution in [-0.4, -0.2) is 49.5 Å². The van der Waals surface area contributed by atoms with Crippen molar-refractivity contribution in [3.63, 3.8) is 0 Å². The van der Waals surface area contributed by atoms with Gasteiger partial charge in [-0.3, -0.25) is 4.90 Å². The van der Waals surface area contributed by atoms with Crippen LogP contribution in [-0.2, 0) is 22.6 Å². The van der Waals surface area contributed by atoms with Crippen molar-refractivity contribution in [3.05, 3.63) is 58.3 Å². The van der Waals surface area contributed by atoms with Crippen LogP contribution in [0.25, 0.3) is 0 Å². The van der Waals surface area contributed by atoms with Crippen molar-refractivity contribution in [1.82, 2.24) is 4.90 Å². The highest BCUT2D eigenvalue weighted by atomic mass is 32.1. The third kappa shape index (κ3) is 7.55. The number of nitrogens with zero attached hydrogens (tertiary/aromatic N) is 1. The van der Waals surface area contributed by atoms with Gasteiger partial charge < -0.3 is 14.6 Å². The molecule has 1 aromatic heterocycles. The summed E-state index contributed by atoms with van der Waals surface area (Å²) in [5, 5.41) is 12.4. The molecule has 2 rings (SSSR count). The molecule has 0 amide bonds. The van der Waals surface area contributed by atoms with E-state index < -0.39 is 6.10 Å². The first kappa shape index (κ1) is 19.1. The SMILES string of the molecule is COCCCN(Cc1cccs1)C[C@H](O)COCc1ccccc1. The Morgan fingerprint density at radius 2 is 2.00 bits per heavy atom. The lowest BCUT2D eigenvalue weighted by atomic mass is 10.2. The average Bonchev–Trinajstić information content (AvgIpc) is 3.09. The fourth-order valence-corrected chi connectivity index (χ4v) is 3.27. The monoisotopic (exact) mass is 349 g/mol. The van der Waals surface area contributed by atoms with Crippen LogP contribution >= 0.6 is 11.3 Å². The molecule has 0 radical (unpaired) electrons. The van der Waals surface area contributed by atoms with Crippen LogP contribution < -0.4 is 0 Å². The van der Waals surface area contributed by atoms with Crippen molar-refractivity contribution in [3.8, 4) is 0 Å². The molecule has 5 heteroatoms. The predicted octanol–water partition coefficient (Wildman–Crippen LogP) is 3.16. The minimum Gasteiger partial charge on any atom is -0.389 e. The van der Waals surface area contributed by atoms with E-state index in [0.29, 0.717) is 19.8 Å². The third-order valence-corrected chi connectivity index (χ3v) is 4.53. The molecule has 0 bridgehead atoms. The summed E-state index contributed by atoms with van der Waals surface area (Å²) >= 11 is 1.75. The van der Waals surface area contributed by atoms with Crippen molar-refractivity contribution < 1.29 is 14.6 Å². The van der Waals surface area contributed by atoms with Gasteiger partial charge in [0.15, 0.2) is 0 Å². The maximum absolute atomic E-state index is 10.3. The van der Waals surface area contributed by atoms with Gasteiger partial charge in [-0.25, -0.2) is 0 Å². The molecule has 4 nitrogen and oxygen atoms in total. The summed E-state index contributed by atoms with van der Waals surface area (Å²) in [6, 6.07) is 14.2. The summed E-state index contributed by atoms with van der Waals surface area (Å²) < 4.78 is 10.8. The number of benzene rings is 1. The maximum Gasteiger partial charge on any atom is 0.0900 e. The van der Waals surface area contributed by atoms with Gasteiger partial charge in [0.05, 0.1) is 19.3 Å². The number of methoxy groups -OCH3 is 1. The number of hydrogen-bond donors (Lipinski definition) is 1. The first-order valence-electron chi connectivity index (χ1n) is 8.31. The second-order valence-corrected chi connectivity index (χ2v) is 6.85. The number of rotatable bonds is 12. The molecule has 1 N–H and O–H groups in total. The van der Waals surface area contributed by atoms with Gasteiger partial charge in [-0.05, 0) is 23.4 Å². The predicted molar refractivity (Wildman–Crippen MR) is 98.2 cm³/mol. The van der Waals surface area contributed by atoms with E-state index in [4.69, 9.17) is 9.47 Å². The molecule has 0 saturated carbocycles. The van der Waals surface area contributed by atoms with E-state index in [9.17, 15) is 5.11 Å². The molecular weight excluding hydrogens is 322 g/mol. The fraction of sp³-hybridized carbons (Fsp3) is 0.474. The number of aliphatic hydroxyl groups is 1. The van der Waals surface area contributed by atoms with Gasteiger partial charge in [-0.15, -0.1) is 11.3 Å². The highest BCUT2D eigenvalue weighted by Gasteiger charge is 2.13. The van der Waals surface area contributed by atoms with E-state index >= 15 is 0 Å². The van der Waals surface area contributed by atoms with Crippen LogP contribution in [0.2, 0.25) is 0 Å². The molecule has 0 fully saturated rings. The number of ether oxygens (including phenoxy) is 2. The second kappa shape index (κ2) is 11.3. The summed E-state index contributed by atoms with van der Waals surface area (Å²) in [6.07, 6.45) is 0.468. The first-order valence-corrected chi connectivity index (χ1v) is 9.19. The minimum atomic E-state index is -0.490. The lowest BCUT2D eigenvalue weighted by Crippen LogP contribution is -2.35. The van der Waals surface area contributed by atoms with Crippen LogP contribution in [0.15, 0.2) is 47.8 Å². The summed E-state index contributed by atoms with van der Waals surface area (Å²) in [5.41, 5.74) is 1.13. The molecule has 0 aliphatic heterocycles. The molecule has 0 unspecified atom stereocenters. The normalized spacial score (nSPS) is 12.6. The van der Waals surface area contributed by atoms with E-state index in [0.717, 1.165) is 31.7 Å². The largest absolute Gasteiger partial charge is 0.389 e. The van der Waals surface area contributed by atoms with Crippen LogP contribution in [0.4, 0.5) is 0 Å². The Morgan fingerprint density at radius 3 is 2.71 bits per heavy atom. The van der Waals surface area contributed by atoms with Crippen molar-refractivity contribution in [1.29, 1.82) is 0 Å². The molecule has 2 aromatic rings. The van der Waals surface area contributed by atoms with Crippen molar-refractivity contribution >= 4 is 11.3 Å². The van der Waals surface area contributed by atoms with Gasteiger partial charge in [0, 0.05) is 38.2 Å². The lowest BCUT2D eigenvalue weighted by Gasteiger charge is -2.24. The van der Waals surface area contributed by atoms with Crippen molar-refractivity contribution in [2.24, 2.45) is 0 Å². The van der Waals surface area contributed by atoms with Crippen molar-refractivity contribution in [2.45, 2.75) is 25.7 Å². The van der Waals surface area contributed by atoms with Crippen LogP contribution in [0.5, 0.6) is 0 Å². The van der Waals surface area contributed by atoms with E-state index in [2.05, 4.69) is 22.4 Å². The van der Waals surface area contributed by atoms with Gasteiger partial charge >= 0.3 is 0 Å². The Labute approximate surface area is 148 Å². The molecule has 0 spiro atoms. The minimum absolute atomic E-state index is 0.347. The molecule has 0 aliphatic rings.